The average Bonchev–Trinajstić information content (AvgIpc) is 3.21. The smallest absolute Gasteiger partial charge is 0.312 e. The van der Waals surface area contributed by atoms with Crippen LogP contribution in [0.25, 0.3) is 11.5 Å². The average molecular weight is 412 g/mol. The van der Waals surface area contributed by atoms with Crippen LogP contribution in [-0.4, -0.2) is 42.5 Å². The molecule has 0 aliphatic heterocycles. The number of carbonyl (C=O) groups excluding carboxylic acids is 2. The van der Waals surface area contributed by atoms with Crippen molar-refractivity contribution in [1.82, 2.24) is 9.88 Å². The van der Waals surface area contributed by atoms with E-state index in [1.807, 2.05) is 30.3 Å². The molecule has 1 heterocycles. The molecule has 0 radical (unpaired) electrons. The number of esters is 1. The van der Waals surface area contributed by atoms with E-state index in [0.29, 0.717) is 17.1 Å². The fourth-order valence-electron chi connectivity index (χ4n) is 2.72. The first-order valence-corrected chi connectivity index (χ1v) is 9.18. The molecule has 3 aromatic rings. The number of amides is 1. The number of oxazole rings is 1. The second kappa shape index (κ2) is 9.69. The molecule has 0 atom stereocenters. The summed E-state index contributed by atoms with van der Waals surface area (Å²) in [4.78, 5) is 29.8. The van der Waals surface area contributed by atoms with Gasteiger partial charge in [-0.15, -0.1) is 0 Å². The number of rotatable bonds is 8. The highest BCUT2D eigenvalue weighted by molar-refractivity contribution is 5.81. The van der Waals surface area contributed by atoms with Crippen molar-refractivity contribution in [2.24, 2.45) is 0 Å². The van der Waals surface area contributed by atoms with Crippen LogP contribution in [0.1, 0.15) is 11.3 Å². The summed E-state index contributed by atoms with van der Waals surface area (Å²) in [6.07, 6.45) is 1.27. The Morgan fingerprint density at radius 3 is 2.63 bits per heavy atom. The first-order chi connectivity index (χ1) is 14.5. The summed E-state index contributed by atoms with van der Waals surface area (Å²) < 4.78 is 29.0. The Kier molecular flexibility index (Phi) is 6.79. The van der Waals surface area contributed by atoms with Gasteiger partial charge in [0.1, 0.15) is 6.26 Å². The zero-order valence-electron chi connectivity index (χ0n) is 16.6. The van der Waals surface area contributed by atoms with Crippen LogP contribution in [0.5, 0.6) is 5.75 Å². The van der Waals surface area contributed by atoms with Gasteiger partial charge in [0.15, 0.2) is 18.2 Å². The zero-order valence-corrected chi connectivity index (χ0v) is 16.6. The van der Waals surface area contributed by atoms with Crippen LogP contribution in [0.4, 0.5) is 4.39 Å². The number of nitrogens with zero attached hydrogens (tertiary/aromatic N) is 2. The molecule has 30 heavy (non-hydrogen) atoms. The highest BCUT2D eigenvalue weighted by Crippen LogP contribution is 2.19. The van der Waals surface area contributed by atoms with Gasteiger partial charge in [0, 0.05) is 19.2 Å². The second-order valence-corrected chi connectivity index (χ2v) is 6.57. The number of aromatic nitrogens is 1. The van der Waals surface area contributed by atoms with Crippen LogP contribution in [0.3, 0.4) is 0 Å². The van der Waals surface area contributed by atoms with Crippen molar-refractivity contribution in [2.45, 2.75) is 13.0 Å². The fraction of sp³-hybridized carbons (Fsp3) is 0.227. The largest absolute Gasteiger partial charge is 0.494 e. The minimum atomic E-state index is -0.597. The number of carbonyl (C=O) groups is 2. The third-order valence-corrected chi connectivity index (χ3v) is 4.32. The first kappa shape index (κ1) is 21.0. The molecule has 1 aromatic heterocycles. The van der Waals surface area contributed by atoms with Gasteiger partial charge in [0.2, 0.25) is 5.89 Å². The van der Waals surface area contributed by atoms with Gasteiger partial charge in [-0.25, -0.2) is 9.37 Å². The van der Waals surface area contributed by atoms with Gasteiger partial charge >= 0.3 is 5.97 Å². The maximum absolute atomic E-state index is 13.8. The van der Waals surface area contributed by atoms with E-state index in [-0.39, 0.29) is 18.7 Å². The van der Waals surface area contributed by atoms with Crippen LogP contribution >= 0.6 is 0 Å². The van der Waals surface area contributed by atoms with Crippen LogP contribution < -0.4 is 4.74 Å². The summed E-state index contributed by atoms with van der Waals surface area (Å²) in [5.74, 6) is -0.986. The van der Waals surface area contributed by atoms with Crippen molar-refractivity contribution in [3.63, 3.8) is 0 Å². The van der Waals surface area contributed by atoms with Crippen LogP contribution in [0.15, 0.2) is 59.2 Å². The molecule has 156 valence electrons. The molecule has 0 aliphatic carbocycles. The predicted octanol–water partition coefficient (Wildman–Crippen LogP) is 3.23. The Morgan fingerprint density at radius 2 is 1.93 bits per heavy atom. The van der Waals surface area contributed by atoms with Crippen molar-refractivity contribution >= 4 is 11.9 Å². The number of methoxy groups -OCH3 is 1. The number of hydrogen-bond donors (Lipinski definition) is 0. The maximum atomic E-state index is 13.8. The van der Waals surface area contributed by atoms with E-state index in [0.717, 1.165) is 5.56 Å². The van der Waals surface area contributed by atoms with E-state index in [1.165, 1.54) is 30.4 Å². The molecule has 2 aromatic carbocycles. The van der Waals surface area contributed by atoms with Gasteiger partial charge in [0.25, 0.3) is 5.91 Å². The maximum Gasteiger partial charge on any atom is 0.312 e. The lowest BCUT2D eigenvalue weighted by Gasteiger charge is -2.17. The summed E-state index contributed by atoms with van der Waals surface area (Å²) in [5.41, 5.74) is 1.80. The summed E-state index contributed by atoms with van der Waals surface area (Å²) in [7, 11) is 2.92. The van der Waals surface area contributed by atoms with Crippen molar-refractivity contribution < 1.29 is 27.9 Å². The fourth-order valence-corrected chi connectivity index (χ4v) is 2.72. The summed E-state index contributed by atoms with van der Waals surface area (Å²) in [6.45, 7) is -0.252. The molecule has 0 fully saturated rings. The number of benzene rings is 2. The molecular formula is C22H21FN2O5. The van der Waals surface area contributed by atoms with E-state index in [1.54, 1.807) is 13.1 Å². The highest BCUT2D eigenvalue weighted by Gasteiger charge is 2.16. The molecule has 0 unspecified atom stereocenters. The summed E-state index contributed by atoms with van der Waals surface area (Å²) >= 11 is 0. The zero-order chi connectivity index (χ0) is 21.5. The molecule has 7 nitrogen and oxygen atoms in total. The minimum absolute atomic E-state index is 0.114. The Balaban J connectivity index is 1.48. The van der Waals surface area contributed by atoms with Gasteiger partial charge < -0.3 is 18.8 Å². The van der Waals surface area contributed by atoms with E-state index < -0.39 is 24.3 Å². The van der Waals surface area contributed by atoms with Gasteiger partial charge in [-0.05, 0) is 29.8 Å². The van der Waals surface area contributed by atoms with Crippen molar-refractivity contribution in [3.05, 3.63) is 71.9 Å². The number of halogens is 1. The number of hydrogen-bond acceptors (Lipinski definition) is 6. The third kappa shape index (κ3) is 5.44. The van der Waals surface area contributed by atoms with Crippen molar-refractivity contribution in [2.75, 3.05) is 20.8 Å². The van der Waals surface area contributed by atoms with Gasteiger partial charge in [-0.3, -0.25) is 9.59 Å². The van der Waals surface area contributed by atoms with E-state index in [2.05, 4.69) is 4.98 Å². The molecule has 0 aliphatic rings. The molecule has 0 saturated heterocycles. The predicted molar refractivity (Wildman–Crippen MR) is 106 cm³/mol. The second-order valence-electron chi connectivity index (χ2n) is 6.57. The van der Waals surface area contributed by atoms with E-state index in [9.17, 15) is 14.0 Å². The Hall–Kier alpha value is -3.68. The normalized spacial score (nSPS) is 10.5. The molecule has 8 heteroatoms. The molecular weight excluding hydrogens is 391 g/mol. The monoisotopic (exact) mass is 412 g/mol. The minimum Gasteiger partial charge on any atom is -0.494 e. The van der Waals surface area contributed by atoms with Crippen molar-refractivity contribution in [3.8, 4) is 17.2 Å². The quantitative estimate of drug-likeness (QED) is 0.529. The van der Waals surface area contributed by atoms with Crippen LogP contribution in [0.2, 0.25) is 0 Å². The van der Waals surface area contributed by atoms with Crippen molar-refractivity contribution in [1.29, 1.82) is 0 Å². The highest BCUT2D eigenvalue weighted by atomic mass is 19.1. The Morgan fingerprint density at radius 1 is 1.17 bits per heavy atom. The Bertz CT molecular complexity index is 1020. The Labute approximate surface area is 173 Å². The van der Waals surface area contributed by atoms with Gasteiger partial charge in [-0.2, -0.15) is 0 Å². The van der Waals surface area contributed by atoms with Gasteiger partial charge in [0.05, 0.1) is 19.2 Å². The molecule has 1 amide bonds. The first-order valence-electron chi connectivity index (χ1n) is 9.18. The molecule has 3 rings (SSSR count). The van der Waals surface area contributed by atoms with E-state index in [4.69, 9.17) is 13.9 Å². The van der Waals surface area contributed by atoms with Gasteiger partial charge in [-0.1, -0.05) is 24.3 Å². The molecule has 0 saturated carbocycles. The van der Waals surface area contributed by atoms with Crippen LogP contribution in [-0.2, 0) is 27.3 Å². The standard InChI is InChI=1S/C22H21FN2O5/c1-25(12-15-8-9-19(28-2)18(23)10-15)20(26)14-29-21(27)11-17-13-30-22(24-17)16-6-4-3-5-7-16/h3-10,13H,11-12,14H2,1-2H3. The lowest BCUT2D eigenvalue weighted by atomic mass is 10.2. The summed E-state index contributed by atoms with van der Waals surface area (Å²) in [5, 5.41) is 0. The van der Waals surface area contributed by atoms with E-state index >= 15 is 0 Å². The summed E-state index contributed by atoms with van der Waals surface area (Å²) in [6, 6.07) is 13.7. The molecule has 0 bridgehead atoms. The SMILES string of the molecule is COc1ccc(CN(C)C(=O)COC(=O)Cc2coc(-c3ccccc3)n2)cc1F. The number of ether oxygens (including phenoxy) is 2. The number of likely N-dealkylation sites (N-methyl/N-ethyl adjacent to an activating group) is 1. The third-order valence-electron chi connectivity index (χ3n) is 4.32. The topological polar surface area (TPSA) is 81.9 Å². The van der Waals surface area contributed by atoms with Crippen LogP contribution in [0, 0.1) is 5.82 Å². The lowest BCUT2D eigenvalue weighted by Crippen LogP contribution is -2.31. The molecule has 0 N–H and O–H groups in total. The molecule has 0 spiro atoms. The lowest BCUT2D eigenvalue weighted by molar-refractivity contribution is -0.151.